The third kappa shape index (κ3) is 1.41. The molecule has 2 rings (SSSR count). The van der Waals surface area contributed by atoms with Gasteiger partial charge in [0.15, 0.2) is 5.75 Å². The Morgan fingerprint density at radius 2 is 2.14 bits per heavy atom. The predicted octanol–water partition coefficient (Wildman–Crippen LogP) is 3.55. The van der Waals surface area contributed by atoms with Crippen LogP contribution in [0.25, 0.3) is 10.8 Å². The predicted molar refractivity (Wildman–Crippen MR) is 58.3 cm³/mol. The van der Waals surface area contributed by atoms with Crippen LogP contribution < -0.4 is 4.74 Å². The molecule has 0 N–H and O–H groups in total. The van der Waals surface area contributed by atoms with Gasteiger partial charge in [0.2, 0.25) is 0 Å². The lowest BCUT2D eigenvalue weighted by molar-refractivity contribution is 0.416. The van der Waals surface area contributed by atoms with Crippen molar-refractivity contribution < 1.29 is 4.74 Å². The van der Waals surface area contributed by atoms with Gasteiger partial charge in [-0.25, -0.2) is 0 Å². The molecular formula is C10H7Cl2NO. The van der Waals surface area contributed by atoms with Crippen LogP contribution >= 0.6 is 23.2 Å². The van der Waals surface area contributed by atoms with Crippen molar-refractivity contribution in [1.82, 2.24) is 4.98 Å². The molecule has 0 spiro atoms. The second-order valence-corrected chi connectivity index (χ2v) is 3.59. The zero-order valence-corrected chi connectivity index (χ0v) is 8.93. The number of hydrogen-bond acceptors (Lipinski definition) is 2. The lowest BCUT2D eigenvalue weighted by Gasteiger charge is -2.08. The highest BCUT2D eigenvalue weighted by atomic mass is 35.5. The fourth-order valence-corrected chi connectivity index (χ4v) is 2.03. The van der Waals surface area contributed by atoms with E-state index < -0.39 is 0 Å². The Bertz CT molecular complexity index is 485. The first-order valence-electron chi connectivity index (χ1n) is 3.99. The van der Waals surface area contributed by atoms with E-state index in [9.17, 15) is 0 Å². The Kier molecular flexibility index (Phi) is 2.48. The average molecular weight is 228 g/mol. The van der Waals surface area contributed by atoms with Gasteiger partial charge in [-0.1, -0.05) is 23.2 Å². The molecule has 0 saturated carbocycles. The highest BCUT2D eigenvalue weighted by Gasteiger charge is 2.10. The van der Waals surface area contributed by atoms with Crippen LogP contribution in [-0.4, -0.2) is 12.1 Å². The third-order valence-corrected chi connectivity index (χ3v) is 2.65. The number of aromatic nitrogens is 1. The summed E-state index contributed by atoms with van der Waals surface area (Å²) < 4.78 is 5.10. The van der Waals surface area contributed by atoms with Crippen LogP contribution in [0.5, 0.6) is 5.75 Å². The first-order chi connectivity index (χ1) is 6.74. The van der Waals surface area contributed by atoms with Crippen LogP contribution in [0.2, 0.25) is 10.0 Å². The monoisotopic (exact) mass is 227 g/mol. The molecule has 1 aromatic heterocycles. The highest BCUT2D eigenvalue weighted by molar-refractivity contribution is 6.41. The van der Waals surface area contributed by atoms with E-state index in [0.717, 1.165) is 10.8 Å². The smallest absolute Gasteiger partial charge is 0.156 e. The normalized spacial score (nSPS) is 10.5. The lowest BCUT2D eigenvalue weighted by Crippen LogP contribution is -1.87. The van der Waals surface area contributed by atoms with E-state index in [1.165, 1.54) is 0 Å². The summed E-state index contributed by atoms with van der Waals surface area (Å²) in [6.45, 7) is 0. The Hall–Kier alpha value is -0.990. The molecule has 1 aromatic carbocycles. The maximum absolute atomic E-state index is 6.11. The van der Waals surface area contributed by atoms with Crippen molar-refractivity contribution in [3.05, 3.63) is 34.6 Å². The molecular weight excluding hydrogens is 221 g/mol. The Morgan fingerprint density at radius 1 is 1.36 bits per heavy atom. The summed E-state index contributed by atoms with van der Waals surface area (Å²) in [6.07, 6.45) is 3.40. The number of rotatable bonds is 1. The SMILES string of the molecule is COc1c(Cl)cc2cnccc2c1Cl. The minimum atomic E-state index is 0.498. The molecule has 0 radical (unpaired) electrons. The molecule has 0 saturated heterocycles. The van der Waals surface area contributed by atoms with Crippen LogP contribution in [0.1, 0.15) is 0 Å². The number of fused-ring (bicyclic) bond motifs is 1. The molecule has 0 aliphatic heterocycles. The number of nitrogens with zero attached hydrogens (tertiary/aromatic N) is 1. The van der Waals surface area contributed by atoms with E-state index in [4.69, 9.17) is 27.9 Å². The quantitative estimate of drug-likeness (QED) is 0.744. The van der Waals surface area contributed by atoms with Gasteiger partial charge in [-0.3, -0.25) is 4.98 Å². The van der Waals surface area contributed by atoms with Crippen LogP contribution in [0.15, 0.2) is 24.5 Å². The topological polar surface area (TPSA) is 22.1 Å². The van der Waals surface area contributed by atoms with Crippen molar-refractivity contribution in [2.75, 3.05) is 7.11 Å². The summed E-state index contributed by atoms with van der Waals surface area (Å²) in [5.74, 6) is 0.507. The summed E-state index contributed by atoms with van der Waals surface area (Å²) in [4.78, 5) is 3.99. The molecule has 0 atom stereocenters. The number of benzene rings is 1. The molecule has 72 valence electrons. The van der Waals surface area contributed by atoms with Gasteiger partial charge in [-0.2, -0.15) is 0 Å². The second kappa shape index (κ2) is 3.64. The Morgan fingerprint density at radius 3 is 2.86 bits per heavy atom. The number of halogens is 2. The first kappa shape index (κ1) is 9.56. The van der Waals surface area contributed by atoms with E-state index >= 15 is 0 Å². The largest absolute Gasteiger partial charge is 0.494 e. The van der Waals surface area contributed by atoms with E-state index in [1.54, 1.807) is 25.6 Å². The zero-order valence-electron chi connectivity index (χ0n) is 7.42. The Balaban J connectivity index is 2.86. The summed E-state index contributed by atoms with van der Waals surface area (Å²) in [7, 11) is 1.54. The summed E-state index contributed by atoms with van der Waals surface area (Å²) in [5.41, 5.74) is 0. The van der Waals surface area contributed by atoms with Crippen molar-refractivity contribution in [2.24, 2.45) is 0 Å². The lowest BCUT2D eigenvalue weighted by atomic mass is 10.2. The maximum atomic E-state index is 6.11. The third-order valence-electron chi connectivity index (χ3n) is 1.99. The van der Waals surface area contributed by atoms with Crippen LogP contribution in [0.4, 0.5) is 0 Å². The van der Waals surface area contributed by atoms with E-state index in [1.807, 2.05) is 6.07 Å². The average Bonchev–Trinajstić information content (AvgIpc) is 2.18. The molecule has 0 bridgehead atoms. The summed E-state index contributed by atoms with van der Waals surface area (Å²) in [6, 6.07) is 3.62. The minimum absolute atomic E-state index is 0.498. The van der Waals surface area contributed by atoms with E-state index in [-0.39, 0.29) is 0 Å². The van der Waals surface area contributed by atoms with Crippen molar-refractivity contribution >= 4 is 34.0 Å². The number of methoxy groups -OCH3 is 1. The maximum Gasteiger partial charge on any atom is 0.156 e. The molecule has 14 heavy (non-hydrogen) atoms. The van der Waals surface area contributed by atoms with Gasteiger partial charge in [0.1, 0.15) is 0 Å². The van der Waals surface area contributed by atoms with Crippen LogP contribution in [0.3, 0.4) is 0 Å². The van der Waals surface area contributed by atoms with Gasteiger partial charge in [0.25, 0.3) is 0 Å². The van der Waals surface area contributed by atoms with Gasteiger partial charge in [-0.15, -0.1) is 0 Å². The van der Waals surface area contributed by atoms with Crippen molar-refractivity contribution in [2.45, 2.75) is 0 Å². The van der Waals surface area contributed by atoms with Crippen molar-refractivity contribution in [3.63, 3.8) is 0 Å². The Labute approximate surface area is 91.4 Å². The second-order valence-electron chi connectivity index (χ2n) is 2.80. The molecule has 1 heterocycles. The number of hydrogen-bond donors (Lipinski definition) is 0. The molecule has 0 amide bonds. The van der Waals surface area contributed by atoms with Crippen LogP contribution in [-0.2, 0) is 0 Å². The fourth-order valence-electron chi connectivity index (χ4n) is 1.34. The summed E-state index contributed by atoms with van der Waals surface area (Å²) in [5, 5.41) is 2.82. The molecule has 0 aliphatic carbocycles. The molecule has 0 aliphatic rings. The number of pyridine rings is 1. The molecule has 0 unspecified atom stereocenters. The first-order valence-corrected chi connectivity index (χ1v) is 4.75. The van der Waals surface area contributed by atoms with Gasteiger partial charge < -0.3 is 4.74 Å². The standard InChI is InChI=1S/C10H7Cl2NO/c1-14-10-8(11)4-6-5-13-3-2-7(6)9(10)12/h2-5H,1H3. The molecule has 2 nitrogen and oxygen atoms in total. The van der Waals surface area contributed by atoms with E-state index in [2.05, 4.69) is 4.98 Å². The zero-order chi connectivity index (χ0) is 10.1. The highest BCUT2D eigenvalue weighted by Crippen LogP contribution is 2.38. The fraction of sp³-hybridized carbons (Fsp3) is 0.100. The molecule has 2 aromatic rings. The van der Waals surface area contributed by atoms with Crippen LogP contribution in [0, 0.1) is 0 Å². The molecule has 4 heteroatoms. The minimum Gasteiger partial charge on any atom is -0.494 e. The van der Waals surface area contributed by atoms with Gasteiger partial charge in [0, 0.05) is 23.2 Å². The van der Waals surface area contributed by atoms with Gasteiger partial charge in [0.05, 0.1) is 17.2 Å². The summed E-state index contributed by atoms with van der Waals surface area (Å²) >= 11 is 12.1. The van der Waals surface area contributed by atoms with Gasteiger partial charge in [-0.05, 0) is 12.1 Å². The van der Waals surface area contributed by atoms with Crippen molar-refractivity contribution in [3.8, 4) is 5.75 Å². The molecule has 0 fully saturated rings. The van der Waals surface area contributed by atoms with E-state index in [0.29, 0.717) is 15.8 Å². The van der Waals surface area contributed by atoms with Gasteiger partial charge >= 0.3 is 0 Å². The van der Waals surface area contributed by atoms with Crippen molar-refractivity contribution in [1.29, 1.82) is 0 Å². The number of ether oxygens (including phenoxy) is 1.